The average molecular weight is 409 g/mol. The number of hydrogen-bond acceptors (Lipinski definition) is 6. The van der Waals surface area contributed by atoms with Crippen LogP contribution in [0.2, 0.25) is 0 Å². The van der Waals surface area contributed by atoms with Crippen LogP contribution in [0.1, 0.15) is 40.7 Å². The summed E-state index contributed by atoms with van der Waals surface area (Å²) in [5.74, 6) is 0.192. The molecule has 146 valence electrons. The summed E-state index contributed by atoms with van der Waals surface area (Å²) < 4.78 is 31.4. The van der Waals surface area contributed by atoms with Crippen molar-refractivity contribution in [1.82, 2.24) is 19.2 Å². The number of nitrogens with zero attached hydrogens (tertiary/aromatic N) is 3. The first-order valence-corrected chi connectivity index (χ1v) is 11.3. The smallest absolute Gasteiger partial charge is 0.267 e. The molecule has 0 unspecified atom stereocenters. The normalized spacial score (nSPS) is 15.9. The summed E-state index contributed by atoms with van der Waals surface area (Å²) >= 11 is 1.12. The highest BCUT2D eigenvalue weighted by molar-refractivity contribution is 7.89. The maximum atomic E-state index is 12.5. The van der Waals surface area contributed by atoms with Crippen molar-refractivity contribution >= 4 is 27.5 Å². The molecule has 9 heteroatoms. The Morgan fingerprint density at radius 2 is 1.93 bits per heavy atom. The minimum absolute atomic E-state index is 0.0301. The molecule has 3 rings (SSSR count). The molecule has 2 aromatic rings. The van der Waals surface area contributed by atoms with Crippen LogP contribution in [0.4, 0.5) is 0 Å². The summed E-state index contributed by atoms with van der Waals surface area (Å²) in [4.78, 5) is 15.2. The van der Waals surface area contributed by atoms with E-state index in [1.807, 2.05) is 19.1 Å². The summed E-state index contributed by atoms with van der Waals surface area (Å²) in [5, 5.41) is 3.89. The number of aryl methyl sites for hydroxylation is 2. The lowest BCUT2D eigenvalue weighted by Crippen LogP contribution is -2.41. The zero-order valence-electron chi connectivity index (χ0n) is 15.5. The topological polar surface area (TPSA) is 92.3 Å². The van der Waals surface area contributed by atoms with E-state index in [2.05, 4.69) is 14.3 Å². The minimum Gasteiger partial charge on any atom is -0.338 e. The molecule has 0 saturated carbocycles. The molecule has 0 aliphatic carbocycles. The first-order chi connectivity index (χ1) is 12.9. The number of likely N-dealkylation sites (tertiary alicyclic amines) is 1. The van der Waals surface area contributed by atoms with Crippen LogP contribution < -0.4 is 4.72 Å². The number of rotatable bonds is 6. The van der Waals surface area contributed by atoms with Crippen molar-refractivity contribution in [3.63, 3.8) is 0 Å². The number of benzene rings is 1. The van der Waals surface area contributed by atoms with Crippen molar-refractivity contribution in [3.05, 3.63) is 40.4 Å². The summed E-state index contributed by atoms with van der Waals surface area (Å²) in [6.45, 7) is 5.44. The molecule has 1 aromatic carbocycles. The van der Waals surface area contributed by atoms with Crippen molar-refractivity contribution < 1.29 is 13.2 Å². The molecule has 0 bridgehead atoms. The number of aromatic nitrogens is 2. The fourth-order valence-electron chi connectivity index (χ4n) is 3.13. The number of piperidine rings is 1. The predicted octanol–water partition coefficient (Wildman–Crippen LogP) is 2.24. The maximum absolute atomic E-state index is 12.5. The fourth-order valence-corrected chi connectivity index (χ4v) is 4.87. The highest BCUT2D eigenvalue weighted by atomic mass is 32.2. The van der Waals surface area contributed by atoms with Crippen LogP contribution >= 0.6 is 11.5 Å². The average Bonchev–Trinajstić information content (AvgIpc) is 3.12. The van der Waals surface area contributed by atoms with Crippen molar-refractivity contribution in [3.8, 4) is 0 Å². The molecule has 0 atom stereocenters. The van der Waals surface area contributed by atoms with Gasteiger partial charge in [0.1, 0.15) is 4.88 Å². The van der Waals surface area contributed by atoms with Gasteiger partial charge in [0.15, 0.2) is 0 Å². The van der Waals surface area contributed by atoms with E-state index in [4.69, 9.17) is 0 Å². The molecular weight excluding hydrogens is 384 g/mol. The Bertz CT molecular complexity index is 886. The molecular formula is C18H24N4O3S2. The largest absolute Gasteiger partial charge is 0.338 e. The first kappa shape index (κ1) is 19.9. The van der Waals surface area contributed by atoms with E-state index in [-0.39, 0.29) is 11.8 Å². The van der Waals surface area contributed by atoms with E-state index in [1.54, 1.807) is 24.0 Å². The van der Waals surface area contributed by atoms with Crippen LogP contribution in [-0.4, -0.2) is 48.4 Å². The van der Waals surface area contributed by atoms with Gasteiger partial charge < -0.3 is 4.90 Å². The predicted molar refractivity (Wildman–Crippen MR) is 104 cm³/mol. The summed E-state index contributed by atoms with van der Waals surface area (Å²) in [5.41, 5.74) is 1.77. The van der Waals surface area contributed by atoms with E-state index in [1.165, 1.54) is 0 Å². The second-order valence-corrected chi connectivity index (χ2v) is 9.29. The Morgan fingerprint density at radius 3 is 2.48 bits per heavy atom. The molecule has 2 heterocycles. The third-order valence-corrected chi connectivity index (χ3v) is 7.21. The van der Waals surface area contributed by atoms with E-state index in [0.29, 0.717) is 35.1 Å². The number of sulfonamides is 1. The van der Waals surface area contributed by atoms with E-state index >= 15 is 0 Å². The summed E-state index contributed by atoms with van der Waals surface area (Å²) in [6.07, 6.45) is 2.42. The van der Waals surface area contributed by atoms with Gasteiger partial charge >= 0.3 is 0 Å². The number of carbonyl (C=O) groups excluding carboxylic acids is 1. The maximum Gasteiger partial charge on any atom is 0.267 e. The van der Waals surface area contributed by atoms with E-state index in [9.17, 15) is 13.2 Å². The molecule has 0 spiro atoms. The highest BCUT2D eigenvalue weighted by Gasteiger charge is 2.27. The molecule has 1 fully saturated rings. The van der Waals surface area contributed by atoms with Gasteiger partial charge in [-0.15, -0.1) is 5.10 Å². The third kappa shape index (κ3) is 4.72. The lowest BCUT2D eigenvalue weighted by atomic mass is 9.97. The monoisotopic (exact) mass is 408 g/mol. The Balaban J connectivity index is 1.51. The number of nitrogens with one attached hydrogen (secondary N) is 1. The SMILES string of the molecule is CCc1ccc(S(=O)(=O)NCC2CCN(C(=O)c3snnc3C)CC2)cc1. The third-order valence-electron chi connectivity index (χ3n) is 4.95. The lowest BCUT2D eigenvalue weighted by Gasteiger charge is -2.31. The molecule has 1 aliphatic rings. The van der Waals surface area contributed by atoms with Gasteiger partial charge in [0, 0.05) is 19.6 Å². The molecule has 1 aromatic heterocycles. The van der Waals surface area contributed by atoms with Gasteiger partial charge in [0.2, 0.25) is 10.0 Å². The summed E-state index contributed by atoms with van der Waals surface area (Å²) in [6, 6.07) is 6.98. The van der Waals surface area contributed by atoms with Crippen molar-refractivity contribution in [2.75, 3.05) is 19.6 Å². The quantitative estimate of drug-likeness (QED) is 0.791. The number of carbonyl (C=O) groups is 1. The fraction of sp³-hybridized carbons (Fsp3) is 0.500. The van der Waals surface area contributed by atoms with Crippen LogP contribution in [0.15, 0.2) is 29.2 Å². The minimum atomic E-state index is -3.50. The van der Waals surface area contributed by atoms with Crippen LogP contribution in [0.25, 0.3) is 0 Å². The van der Waals surface area contributed by atoms with Gasteiger partial charge in [-0.1, -0.05) is 23.5 Å². The molecule has 7 nitrogen and oxygen atoms in total. The van der Waals surface area contributed by atoms with Crippen LogP contribution in [0.5, 0.6) is 0 Å². The Morgan fingerprint density at radius 1 is 1.26 bits per heavy atom. The second kappa shape index (κ2) is 8.45. The standard InChI is InChI=1S/C18H24N4O3S2/c1-3-14-4-6-16(7-5-14)27(24,25)19-12-15-8-10-22(11-9-15)18(23)17-13(2)20-21-26-17/h4-7,15,19H,3,8-12H2,1-2H3. The van der Waals surface area contributed by atoms with Gasteiger partial charge in [-0.05, 0) is 61.3 Å². The van der Waals surface area contributed by atoms with Gasteiger partial charge in [-0.3, -0.25) is 4.79 Å². The van der Waals surface area contributed by atoms with Gasteiger partial charge in [-0.25, -0.2) is 13.1 Å². The van der Waals surface area contributed by atoms with Crippen LogP contribution in [0.3, 0.4) is 0 Å². The van der Waals surface area contributed by atoms with Crippen LogP contribution in [-0.2, 0) is 16.4 Å². The molecule has 1 N–H and O–H groups in total. The number of hydrogen-bond donors (Lipinski definition) is 1. The zero-order valence-corrected chi connectivity index (χ0v) is 17.1. The lowest BCUT2D eigenvalue weighted by molar-refractivity contribution is 0.0696. The Hall–Kier alpha value is -1.84. The van der Waals surface area contributed by atoms with Crippen molar-refractivity contribution in [2.45, 2.75) is 38.0 Å². The van der Waals surface area contributed by atoms with Gasteiger partial charge in [-0.2, -0.15) is 0 Å². The number of amides is 1. The van der Waals surface area contributed by atoms with E-state index < -0.39 is 10.0 Å². The van der Waals surface area contributed by atoms with Gasteiger partial charge in [0.05, 0.1) is 10.6 Å². The molecule has 1 aliphatic heterocycles. The second-order valence-electron chi connectivity index (χ2n) is 6.77. The molecule has 1 amide bonds. The first-order valence-electron chi connectivity index (χ1n) is 9.07. The van der Waals surface area contributed by atoms with Crippen LogP contribution in [0, 0.1) is 12.8 Å². The van der Waals surface area contributed by atoms with E-state index in [0.717, 1.165) is 36.4 Å². The Kier molecular flexibility index (Phi) is 6.23. The Labute approximate surface area is 164 Å². The molecule has 0 radical (unpaired) electrons. The van der Waals surface area contributed by atoms with Crippen molar-refractivity contribution in [1.29, 1.82) is 0 Å². The molecule has 27 heavy (non-hydrogen) atoms. The summed E-state index contributed by atoms with van der Waals surface area (Å²) in [7, 11) is -3.50. The van der Waals surface area contributed by atoms with Crippen molar-refractivity contribution in [2.24, 2.45) is 5.92 Å². The molecule has 1 saturated heterocycles. The van der Waals surface area contributed by atoms with Gasteiger partial charge in [0.25, 0.3) is 5.91 Å². The highest BCUT2D eigenvalue weighted by Crippen LogP contribution is 2.21. The zero-order chi connectivity index (χ0) is 19.4.